The van der Waals surface area contributed by atoms with Crippen LogP contribution < -0.4 is 16.4 Å². The largest absolute Gasteiger partial charge is 0.397 e. The van der Waals surface area contributed by atoms with Crippen molar-refractivity contribution in [3.05, 3.63) is 30.3 Å². The zero-order valence-corrected chi connectivity index (χ0v) is 11.4. The second-order valence-corrected chi connectivity index (χ2v) is 6.05. The highest BCUT2D eigenvalue weighted by Gasteiger charge is 2.44. The van der Waals surface area contributed by atoms with E-state index in [1.54, 1.807) is 0 Å². The fourth-order valence-electron chi connectivity index (χ4n) is 3.51. The molecule has 102 valence electrons. The Morgan fingerprint density at radius 2 is 2.05 bits per heavy atom. The van der Waals surface area contributed by atoms with Crippen molar-refractivity contribution in [2.24, 2.45) is 5.41 Å². The maximum atomic E-state index is 6.07. The Morgan fingerprint density at radius 3 is 2.68 bits per heavy atom. The summed E-state index contributed by atoms with van der Waals surface area (Å²) < 4.78 is 0. The van der Waals surface area contributed by atoms with E-state index in [9.17, 15) is 0 Å². The first kappa shape index (κ1) is 12.5. The van der Waals surface area contributed by atoms with Gasteiger partial charge in [-0.05, 0) is 61.9 Å². The van der Waals surface area contributed by atoms with Gasteiger partial charge >= 0.3 is 0 Å². The van der Waals surface area contributed by atoms with Crippen LogP contribution in [0.2, 0.25) is 0 Å². The molecule has 1 aliphatic heterocycles. The van der Waals surface area contributed by atoms with Gasteiger partial charge in [-0.25, -0.2) is 0 Å². The topological polar surface area (TPSA) is 50.1 Å². The van der Waals surface area contributed by atoms with Crippen molar-refractivity contribution in [3.8, 4) is 0 Å². The molecule has 1 spiro atoms. The highest BCUT2D eigenvalue weighted by Crippen LogP contribution is 2.49. The van der Waals surface area contributed by atoms with Crippen molar-refractivity contribution in [2.45, 2.75) is 31.7 Å². The van der Waals surface area contributed by atoms with Gasteiger partial charge in [0, 0.05) is 6.04 Å². The molecule has 0 aromatic heterocycles. The smallest absolute Gasteiger partial charge is 0.0576 e. The van der Waals surface area contributed by atoms with Crippen LogP contribution in [-0.2, 0) is 0 Å². The lowest BCUT2D eigenvalue weighted by atomic mass is 9.60. The summed E-state index contributed by atoms with van der Waals surface area (Å²) in [4.78, 5) is 0. The zero-order chi connectivity index (χ0) is 13.3. The van der Waals surface area contributed by atoms with Gasteiger partial charge in [-0.2, -0.15) is 0 Å². The first-order valence-electron chi connectivity index (χ1n) is 7.20. The van der Waals surface area contributed by atoms with E-state index in [2.05, 4.69) is 29.3 Å². The predicted molar refractivity (Wildman–Crippen MR) is 82.1 cm³/mol. The lowest BCUT2D eigenvalue weighted by Gasteiger charge is -2.51. The van der Waals surface area contributed by atoms with Gasteiger partial charge in [0.25, 0.3) is 0 Å². The van der Waals surface area contributed by atoms with Gasteiger partial charge in [0.1, 0.15) is 0 Å². The highest BCUT2D eigenvalue weighted by molar-refractivity contribution is 5.70. The number of rotatable bonds is 3. The van der Waals surface area contributed by atoms with Crippen LogP contribution in [0.4, 0.5) is 11.4 Å². The molecule has 2 aliphatic rings. The second kappa shape index (κ2) is 4.89. The van der Waals surface area contributed by atoms with Crippen LogP contribution in [-0.4, -0.2) is 19.1 Å². The molecule has 0 amide bonds. The Labute approximate surface area is 115 Å². The summed E-state index contributed by atoms with van der Waals surface area (Å²) in [7, 11) is 0. The van der Waals surface area contributed by atoms with Crippen LogP contribution in [0.15, 0.2) is 24.8 Å². The fourth-order valence-corrected chi connectivity index (χ4v) is 3.51. The van der Waals surface area contributed by atoms with Crippen molar-refractivity contribution in [3.63, 3.8) is 0 Å². The maximum absolute atomic E-state index is 6.07. The van der Waals surface area contributed by atoms with Gasteiger partial charge in [-0.15, -0.1) is 0 Å². The van der Waals surface area contributed by atoms with Crippen molar-refractivity contribution in [2.75, 3.05) is 24.1 Å². The van der Waals surface area contributed by atoms with Crippen LogP contribution in [0.1, 0.15) is 31.2 Å². The molecule has 4 N–H and O–H groups in total. The molecule has 1 aliphatic carbocycles. The van der Waals surface area contributed by atoms with E-state index in [1.165, 1.54) is 38.8 Å². The lowest BCUT2D eigenvalue weighted by molar-refractivity contribution is 0.0719. The average molecular weight is 257 g/mol. The number of benzene rings is 1. The number of nitrogens with one attached hydrogen (secondary N) is 2. The first-order chi connectivity index (χ1) is 9.21. The third-order valence-corrected chi connectivity index (χ3v) is 4.69. The summed E-state index contributed by atoms with van der Waals surface area (Å²) in [6.07, 6.45) is 7.06. The van der Waals surface area contributed by atoms with Crippen molar-refractivity contribution < 1.29 is 0 Å². The van der Waals surface area contributed by atoms with Crippen molar-refractivity contribution in [1.82, 2.24) is 5.32 Å². The summed E-state index contributed by atoms with van der Waals surface area (Å²) in [6, 6.07) is 6.70. The predicted octanol–water partition coefficient (Wildman–Crippen LogP) is 2.86. The van der Waals surface area contributed by atoms with Crippen LogP contribution >= 0.6 is 0 Å². The van der Waals surface area contributed by atoms with E-state index in [-0.39, 0.29) is 0 Å². The van der Waals surface area contributed by atoms with E-state index >= 15 is 0 Å². The minimum Gasteiger partial charge on any atom is -0.397 e. The number of hydrogen-bond acceptors (Lipinski definition) is 3. The number of anilines is 2. The van der Waals surface area contributed by atoms with Crippen LogP contribution in [0.5, 0.6) is 0 Å². The summed E-state index contributed by atoms with van der Waals surface area (Å²) in [5, 5.41) is 7.03. The average Bonchev–Trinajstić information content (AvgIpc) is 2.40. The molecule has 1 saturated heterocycles. The number of piperidine rings is 1. The SMILES string of the molecule is C=Cc1ccc(NC2CC3(CCNCC3)C2)c(N)c1. The Kier molecular flexibility index (Phi) is 3.23. The van der Waals surface area contributed by atoms with Gasteiger partial charge in [-0.3, -0.25) is 0 Å². The van der Waals surface area contributed by atoms with Crippen LogP contribution in [0.25, 0.3) is 6.08 Å². The number of hydrogen-bond donors (Lipinski definition) is 3. The van der Waals surface area contributed by atoms with E-state index in [4.69, 9.17) is 5.73 Å². The molecule has 1 aromatic rings. The first-order valence-corrected chi connectivity index (χ1v) is 7.20. The molecule has 0 radical (unpaired) electrons. The Morgan fingerprint density at radius 1 is 1.32 bits per heavy atom. The molecule has 0 atom stereocenters. The lowest BCUT2D eigenvalue weighted by Crippen LogP contribution is -2.50. The van der Waals surface area contributed by atoms with Gasteiger partial charge in [-0.1, -0.05) is 18.7 Å². The number of nitrogens with two attached hydrogens (primary N) is 1. The Balaban J connectivity index is 1.60. The minimum atomic E-state index is 0.593. The third-order valence-electron chi connectivity index (χ3n) is 4.69. The summed E-state index contributed by atoms with van der Waals surface area (Å²) in [5.41, 5.74) is 9.65. The molecule has 1 saturated carbocycles. The van der Waals surface area contributed by atoms with Gasteiger partial charge in [0.2, 0.25) is 0 Å². The molecule has 1 heterocycles. The Bertz CT molecular complexity index is 467. The third kappa shape index (κ3) is 2.47. The molecular formula is C16H23N3. The maximum Gasteiger partial charge on any atom is 0.0576 e. The molecular weight excluding hydrogens is 234 g/mol. The second-order valence-electron chi connectivity index (χ2n) is 6.05. The van der Waals surface area contributed by atoms with E-state index < -0.39 is 0 Å². The fraction of sp³-hybridized carbons (Fsp3) is 0.500. The highest BCUT2D eigenvalue weighted by atomic mass is 15.0. The molecule has 0 unspecified atom stereocenters. The summed E-state index contributed by atoms with van der Waals surface area (Å²) >= 11 is 0. The molecule has 3 nitrogen and oxygen atoms in total. The summed E-state index contributed by atoms with van der Waals surface area (Å²) in [5.74, 6) is 0. The van der Waals surface area contributed by atoms with Crippen molar-refractivity contribution in [1.29, 1.82) is 0 Å². The van der Waals surface area contributed by atoms with E-state index in [1.807, 2.05) is 12.1 Å². The molecule has 3 rings (SSSR count). The van der Waals surface area contributed by atoms with Crippen LogP contribution in [0.3, 0.4) is 0 Å². The standard InChI is InChI=1S/C16H23N3/c1-2-12-3-4-15(14(17)9-12)19-13-10-16(11-13)5-7-18-8-6-16/h2-4,9,13,18-19H,1,5-8,10-11,17H2. The van der Waals surface area contributed by atoms with E-state index in [0.29, 0.717) is 11.5 Å². The molecule has 2 fully saturated rings. The minimum absolute atomic E-state index is 0.593. The van der Waals surface area contributed by atoms with E-state index in [0.717, 1.165) is 16.9 Å². The summed E-state index contributed by atoms with van der Waals surface area (Å²) in [6.45, 7) is 6.13. The monoisotopic (exact) mass is 257 g/mol. The molecule has 0 bridgehead atoms. The normalized spacial score (nSPS) is 21.9. The molecule has 1 aromatic carbocycles. The van der Waals surface area contributed by atoms with Gasteiger partial charge in [0.05, 0.1) is 11.4 Å². The zero-order valence-electron chi connectivity index (χ0n) is 11.4. The van der Waals surface area contributed by atoms with Gasteiger partial charge in [0.15, 0.2) is 0 Å². The number of nitrogen functional groups attached to an aromatic ring is 1. The van der Waals surface area contributed by atoms with Crippen LogP contribution in [0, 0.1) is 5.41 Å². The molecule has 19 heavy (non-hydrogen) atoms. The van der Waals surface area contributed by atoms with Crippen molar-refractivity contribution >= 4 is 17.5 Å². The quantitative estimate of drug-likeness (QED) is 0.730. The molecule has 3 heteroatoms. The Hall–Kier alpha value is -1.48. The van der Waals surface area contributed by atoms with Gasteiger partial charge < -0.3 is 16.4 Å².